The lowest BCUT2D eigenvalue weighted by Gasteiger charge is -2.18. The van der Waals surface area contributed by atoms with Crippen LogP contribution in [0, 0.1) is 11.6 Å². The van der Waals surface area contributed by atoms with Gasteiger partial charge in [0.05, 0.1) is 45.6 Å². The van der Waals surface area contributed by atoms with Crippen molar-refractivity contribution in [2.45, 2.75) is 17.4 Å². The number of rotatable bonds is 8. The van der Waals surface area contributed by atoms with E-state index in [1.165, 1.54) is 43.5 Å². The SMILES string of the molecule is COc1cccc(P(=O)(O)C#Cc2cc(Cl)c(C(=O)N[C@H](CO)Cc3cccc(S(C)(=O)=O)c3)c(Cl)c2)c1. The number of amides is 1. The first-order valence-electron chi connectivity index (χ1n) is 11.0. The average Bonchev–Trinajstić information content (AvgIpc) is 2.86. The van der Waals surface area contributed by atoms with Crippen LogP contribution < -0.4 is 15.4 Å². The molecule has 3 rings (SSSR count). The lowest BCUT2D eigenvalue weighted by Crippen LogP contribution is -2.39. The fourth-order valence-corrected chi connectivity index (χ4v) is 5.82. The van der Waals surface area contributed by atoms with E-state index in [1.807, 2.05) is 0 Å². The number of halogens is 2. The summed E-state index contributed by atoms with van der Waals surface area (Å²) >= 11 is 12.6. The third-order valence-corrected chi connectivity index (χ3v) is 8.49. The van der Waals surface area contributed by atoms with Crippen LogP contribution in [0.25, 0.3) is 0 Å². The molecule has 1 amide bonds. The third kappa shape index (κ3) is 7.61. The number of aliphatic hydroxyl groups is 1. The first-order valence-corrected chi connectivity index (χ1v) is 15.3. The van der Waals surface area contributed by atoms with Crippen LogP contribution in [0.3, 0.4) is 0 Å². The highest BCUT2D eigenvalue weighted by atomic mass is 35.5. The summed E-state index contributed by atoms with van der Waals surface area (Å²) < 4.78 is 41.4. The van der Waals surface area contributed by atoms with E-state index in [2.05, 4.69) is 16.9 Å². The molecule has 38 heavy (non-hydrogen) atoms. The van der Waals surface area contributed by atoms with E-state index in [4.69, 9.17) is 27.9 Å². The summed E-state index contributed by atoms with van der Waals surface area (Å²) in [5, 5.41) is 12.4. The average molecular weight is 596 g/mol. The molecule has 2 atom stereocenters. The lowest BCUT2D eigenvalue weighted by molar-refractivity contribution is 0.0916. The highest BCUT2D eigenvalue weighted by molar-refractivity contribution is 7.90. The van der Waals surface area contributed by atoms with Gasteiger partial charge in [-0.1, -0.05) is 47.3 Å². The normalized spacial score (nSPS) is 13.5. The zero-order chi connectivity index (χ0) is 28.1. The zero-order valence-electron chi connectivity index (χ0n) is 20.3. The van der Waals surface area contributed by atoms with Crippen LogP contribution >= 0.6 is 30.6 Å². The predicted octanol–water partition coefficient (Wildman–Crippen LogP) is 3.64. The summed E-state index contributed by atoms with van der Waals surface area (Å²) in [6.07, 6.45) is 1.24. The minimum Gasteiger partial charge on any atom is -0.497 e. The third-order valence-electron chi connectivity index (χ3n) is 5.39. The zero-order valence-corrected chi connectivity index (χ0v) is 23.5. The highest BCUT2D eigenvalue weighted by Crippen LogP contribution is 2.39. The first kappa shape index (κ1) is 29.7. The lowest BCUT2D eigenvalue weighted by atomic mass is 10.1. The Kier molecular flexibility index (Phi) is 9.66. The van der Waals surface area contributed by atoms with Crippen molar-refractivity contribution in [3.63, 3.8) is 0 Å². The van der Waals surface area contributed by atoms with E-state index in [-0.39, 0.29) is 37.8 Å². The Morgan fingerprint density at radius 3 is 2.37 bits per heavy atom. The summed E-state index contributed by atoms with van der Waals surface area (Å²) in [5.41, 5.74) is 3.08. The van der Waals surface area contributed by atoms with Gasteiger partial charge in [-0.25, -0.2) is 8.42 Å². The van der Waals surface area contributed by atoms with Crippen molar-refractivity contribution in [1.82, 2.24) is 5.32 Å². The second-order valence-corrected chi connectivity index (χ2v) is 13.0. The Balaban J connectivity index is 1.80. The van der Waals surface area contributed by atoms with Gasteiger partial charge in [0.25, 0.3) is 5.91 Å². The smallest absolute Gasteiger partial charge is 0.301 e. The van der Waals surface area contributed by atoms with Crippen LogP contribution in [0.1, 0.15) is 21.5 Å². The van der Waals surface area contributed by atoms with Gasteiger partial charge in [0.15, 0.2) is 9.84 Å². The summed E-state index contributed by atoms with van der Waals surface area (Å²) in [6, 6.07) is 14.2. The van der Waals surface area contributed by atoms with Crippen molar-refractivity contribution in [3.05, 3.63) is 87.4 Å². The standard InChI is InChI=1S/C26H24Cl2NO7PS/c1-36-20-6-4-7-21(15-20)37(32,33)10-9-18-13-23(27)25(24(28)14-18)26(31)29-19(16-30)11-17-5-3-8-22(12-17)38(2,34)35/h3-8,12-15,19,30H,11,16H2,1-2H3,(H,29,31)(H,32,33)/t19-/m0/s1. The minimum absolute atomic E-state index is 0.0517. The van der Waals surface area contributed by atoms with E-state index >= 15 is 0 Å². The Labute approximate surface area is 230 Å². The van der Waals surface area contributed by atoms with Crippen LogP contribution in [0.2, 0.25) is 10.0 Å². The van der Waals surface area contributed by atoms with Gasteiger partial charge in [-0.3, -0.25) is 9.36 Å². The molecule has 0 heterocycles. The van der Waals surface area contributed by atoms with Gasteiger partial charge in [-0.15, -0.1) is 0 Å². The molecular weight excluding hydrogens is 572 g/mol. The number of benzene rings is 3. The summed E-state index contributed by atoms with van der Waals surface area (Å²) in [7, 11) is -6.03. The molecule has 0 aliphatic carbocycles. The highest BCUT2D eigenvalue weighted by Gasteiger charge is 2.21. The summed E-state index contributed by atoms with van der Waals surface area (Å²) in [5.74, 6) is 2.32. The topological polar surface area (TPSA) is 130 Å². The van der Waals surface area contributed by atoms with Crippen molar-refractivity contribution in [3.8, 4) is 17.3 Å². The fourth-order valence-electron chi connectivity index (χ4n) is 3.47. The van der Waals surface area contributed by atoms with Gasteiger partial charge in [-0.2, -0.15) is 0 Å². The van der Waals surface area contributed by atoms with Crippen LogP contribution in [-0.4, -0.2) is 50.3 Å². The predicted molar refractivity (Wildman–Crippen MR) is 147 cm³/mol. The van der Waals surface area contributed by atoms with Gasteiger partial charge >= 0.3 is 7.37 Å². The molecule has 3 aromatic carbocycles. The molecule has 0 aliphatic rings. The summed E-state index contributed by atoms with van der Waals surface area (Å²) in [4.78, 5) is 23.4. The van der Waals surface area contributed by atoms with E-state index in [9.17, 15) is 27.8 Å². The van der Waals surface area contributed by atoms with E-state index in [0.717, 1.165) is 6.26 Å². The molecule has 8 nitrogen and oxygen atoms in total. The van der Waals surface area contributed by atoms with Gasteiger partial charge in [0, 0.05) is 11.8 Å². The summed E-state index contributed by atoms with van der Waals surface area (Å²) in [6.45, 7) is -0.427. The fraction of sp³-hybridized carbons (Fsp3) is 0.192. The van der Waals surface area contributed by atoms with Crippen LogP contribution in [-0.2, 0) is 20.8 Å². The molecule has 3 N–H and O–H groups in total. The number of methoxy groups -OCH3 is 1. The molecular formula is C26H24Cl2NO7PS. The molecule has 200 valence electrons. The van der Waals surface area contributed by atoms with Gasteiger partial charge in [-0.05, 0) is 60.1 Å². The van der Waals surface area contributed by atoms with Crippen molar-refractivity contribution in [2.75, 3.05) is 20.0 Å². The molecule has 3 aromatic rings. The molecule has 0 fully saturated rings. The molecule has 0 saturated heterocycles. The molecule has 0 saturated carbocycles. The van der Waals surface area contributed by atoms with E-state index in [1.54, 1.807) is 24.3 Å². The maximum absolute atomic E-state index is 12.9. The van der Waals surface area contributed by atoms with E-state index in [0.29, 0.717) is 11.3 Å². The minimum atomic E-state index is -4.05. The van der Waals surface area contributed by atoms with Crippen molar-refractivity contribution >= 4 is 51.6 Å². The first-order chi connectivity index (χ1) is 17.8. The molecule has 0 aliphatic heterocycles. The van der Waals surface area contributed by atoms with Gasteiger partial charge in [0.1, 0.15) is 5.75 Å². The van der Waals surface area contributed by atoms with Crippen molar-refractivity contribution in [1.29, 1.82) is 0 Å². The Hall–Kier alpha value is -2.83. The van der Waals surface area contributed by atoms with Gasteiger partial charge in [0.2, 0.25) is 0 Å². The number of hydrogen-bond acceptors (Lipinski definition) is 6. The van der Waals surface area contributed by atoms with Crippen molar-refractivity contribution in [2.24, 2.45) is 0 Å². The maximum Gasteiger partial charge on any atom is 0.301 e. The molecule has 12 heteroatoms. The van der Waals surface area contributed by atoms with Crippen LogP contribution in [0.5, 0.6) is 5.75 Å². The van der Waals surface area contributed by atoms with Crippen LogP contribution in [0.15, 0.2) is 65.6 Å². The number of nitrogens with one attached hydrogen (secondary N) is 1. The van der Waals surface area contributed by atoms with Gasteiger partial charge < -0.3 is 20.1 Å². The molecule has 0 bridgehead atoms. The Bertz CT molecular complexity index is 1560. The number of carbonyl (C=O) groups is 1. The monoisotopic (exact) mass is 595 g/mol. The Morgan fingerprint density at radius 1 is 1.11 bits per heavy atom. The molecule has 0 radical (unpaired) electrons. The second kappa shape index (κ2) is 12.4. The number of ether oxygens (including phenoxy) is 1. The number of aliphatic hydroxyl groups excluding tert-OH is 1. The number of carbonyl (C=O) groups excluding carboxylic acids is 1. The maximum atomic E-state index is 12.9. The van der Waals surface area contributed by atoms with Crippen LogP contribution in [0.4, 0.5) is 0 Å². The largest absolute Gasteiger partial charge is 0.497 e. The number of sulfone groups is 1. The van der Waals surface area contributed by atoms with E-state index < -0.39 is 35.8 Å². The number of hydrogen-bond donors (Lipinski definition) is 3. The molecule has 1 unspecified atom stereocenters. The van der Waals surface area contributed by atoms with Crippen molar-refractivity contribution < 1.29 is 32.5 Å². The molecule has 0 aromatic heterocycles. The molecule has 0 spiro atoms. The second-order valence-electron chi connectivity index (χ2n) is 8.31. The quantitative estimate of drug-likeness (QED) is 0.268. The Morgan fingerprint density at radius 2 is 1.76 bits per heavy atom.